The molecule has 3 nitrogen and oxygen atoms in total. The number of nitrogens with one attached hydrogen (secondary N) is 1. The molecule has 2 aromatic carbocycles. The molecule has 0 aliphatic carbocycles. The number of ether oxygens (including phenoxy) is 1. The second-order valence-corrected chi connectivity index (χ2v) is 6.24. The average Bonchev–Trinajstić information content (AvgIpc) is 2.61. The smallest absolute Gasteiger partial charge is 0.108 e. The fourth-order valence-corrected chi connectivity index (χ4v) is 3.01. The Hall–Kier alpha value is -1.39. The zero-order valence-corrected chi connectivity index (χ0v) is 14.0. The number of hydrogen-bond donors (Lipinski definition) is 1. The van der Waals surface area contributed by atoms with Gasteiger partial charge < -0.3 is 10.1 Å². The summed E-state index contributed by atoms with van der Waals surface area (Å²) in [6.07, 6.45) is -0.0450. The lowest BCUT2D eigenvalue weighted by molar-refractivity contribution is 0.0573. The SMILES string of the molecule is Clc1ccc(C(OCCN2CCNCC2)c2ccccc2)cc1. The van der Waals surface area contributed by atoms with Crippen LogP contribution in [0.5, 0.6) is 0 Å². The number of piperazine rings is 1. The molecule has 1 fully saturated rings. The summed E-state index contributed by atoms with van der Waals surface area (Å²) in [6, 6.07) is 18.3. The van der Waals surface area contributed by atoms with E-state index in [2.05, 4.69) is 34.5 Å². The van der Waals surface area contributed by atoms with Crippen LogP contribution in [0.2, 0.25) is 5.02 Å². The van der Waals surface area contributed by atoms with Gasteiger partial charge in [-0.15, -0.1) is 0 Å². The van der Waals surface area contributed by atoms with Crippen molar-refractivity contribution < 1.29 is 4.74 Å². The average molecular weight is 331 g/mol. The maximum Gasteiger partial charge on any atom is 0.108 e. The minimum Gasteiger partial charge on any atom is -0.367 e. The molecule has 1 heterocycles. The summed E-state index contributed by atoms with van der Waals surface area (Å²) in [5.74, 6) is 0. The molecular formula is C19H23ClN2O. The van der Waals surface area contributed by atoms with Gasteiger partial charge in [0.1, 0.15) is 6.10 Å². The molecular weight excluding hydrogens is 308 g/mol. The summed E-state index contributed by atoms with van der Waals surface area (Å²) in [5.41, 5.74) is 2.32. The molecule has 0 bridgehead atoms. The third-order valence-corrected chi connectivity index (χ3v) is 4.43. The van der Waals surface area contributed by atoms with Crippen LogP contribution in [-0.2, 0) is 4.74 Å². The number of hydrogen-bond acceptors (Lipinski definition) is 3. The quantitative estimate of drug-likeness (QED) is 0.879. The summed E-state index contributed by atoms with van der Waals surface area (Å²) in [5, 5.41) is 4.13. The van der Waals surface area contributed by atoms with Crippen molar-refractivity contribution in [2.75, 3.05) is 39.3 Å². The molecule has 1 N–H and O–H groups in total. The second-order valence-electron chi connectivity index (χ2n) is 5.80. The van der Waals surface area contributed by atoms with Crippen molar-refractivity contribution in [2.45, 2.75) is 6.10 Å². The predicted molar refractivity (Wildman–Crippen MR) is 95.0 cm³/mol. The molecule has 0 spiro atoms. The van der Waals surface area contributed by atoms with Gasteiger partial charge in [0.15, 0.2) is 0 Å². The summed E-state index contributed by atoms with van der Waals surface area (Å²) in [6.45, 7) is 6.03. The van der Waals surface area contributed by atoms with Crippen LogP contribution >= 0.6 is 11.6 Å². The van der Waals surface area contributed by atoms with Crippen molar-refractivity contribution in [1.82, 2.24) is 10.2 Å². The molecule has 3 rings (SSSR count). The molecule has 1 aliphatic rings. The van der Waals surface area contributed by atoms with E-state index in [1.807, 2.05) is 30.3 Å². The summed E-state index contributed by atoms with van der Waals surface area (Å²) < 4.78 is 6.25. The van der Waals surface area contributed by atoms with Gasteiger partial charge in [-0.1, -0.05) is 54.1 Å². The van der Waals surface area contributed by atoms with Crippen LogP contribution in [0.4, 0.5) is 0 Å². The van der Waals surface area contributed by atoms with Crippen molar-refractivity contribution in [3.8, 4) is 0 Å². The second kappa shape index (κ2) is 8.46. The van der Waals surface area contributed by atoms with Crippen molar-refractivity contribution in [3.63, 3.8) is 0 Å². The highest BCUT2D eigenvalue weighted by Crippen LogP contribution is 2.27. The van der Waals surface area contributed by atoms with Crippen molar-refractivity contribution in [3.05, 3.63) is 70.7 Å². The number of rotatable bonds is 6. The highest BCUT2D eigenvalue weighted by molar-refractivity contribution is 6.30. The maximum absolute atomic E-state index is 6.25. The van der Waals surface area contributed by atoms with E-state index in [9.17, 15) is 0 Å². The van der Waals surface area contributed by atoms with Crippen molar-refractivity contribution >= 4 is 11.6 Å². The van der Waals surface area contributed by atoms with Gasteiger partial charge >= 0.3 is 0 Å². The fourth-order valence-electron chi connectivity index (χ4n) is 2.88. The lowest BCUT2D eigenvalue weighted by atomic mass is 10.0. The van der Waals surface area contributed by atoms with Crippen LogP contribution in [0.25, 0.3) is 0 Å². The number of halogens is 1. The van der Waals surface area contributed by atoms with Crippen molar-refractivity contribution in [1.29, 1.82) is 0 Å². The summed E-state index contributed by atoms with van der Waals surface area (Å²) in [7, 11) is 0. The topological polar surface area (TPSA) is 24.5 Å². The van der Waals surface area contributed by atoms with Crippen LogP contribution in [0.15, 0.2) is 54.6 Å². The Labute approximate surface area is 143 Å². The van der Waals surface area contributed by atoms with Crippen LogP contribution in [0, 0.1) is 0 Å². The molecule has 0 aromatic heterocycles. The lowest BCUT2D eigenvalue weighted by Crippen LogP contribution is -2.44. The van der Waals surface area contributed by atoms with E-state index in [1.54, 1.807) is 0 Å². The van der Waals surface area contributed by atoms with E-state index in [0.717, 1.165) is 49.9 Å². The number of nitrogens with zero attached hydrogens (tertiary/aromatic N) is 1. The van der Waals surface area contributed by atoms with Gasteiger partial charge in [-0.25, -0.2) is 0 Å². The predicted octanol–water partition coefficient (Wildman–Crippen LogP) is 3.35. The van der Waals surface area contributed by atoms with Gasteiger partial charge in [0.25, 0.3) is 0 Å². The minimum atomic E-state index is -0.0450. The van der Waals surface area contributed by atoms with Gasteiger partial charge in [0, 0.05) is 37.7 Å². The molecule has 4 heteroatoms. The Morgan fingerprint density at radius 2 is 1.61 bits per heavy atom. The van der Waals surface area contributed by atoms with Crippen LogP contribution in [0.1, 0.15) is 17.2 Å². The molecule has 1 saturated heterocycles. The highest BCUT2D eigenvalue weighted by atomic mass is 35.5. The maximum atomic E-state index is 6.25. The standard InChI is InChI=1S/C19H23ClN2O/c20-18-8-6-17(7-9-18)19(16-4-2-1-3-5-16)23-15-14-22-12-10-21-11-13-22/h1-9,19,21H,10-15H2. The Morgan fingerprint density at radius 3 is 2.30 bits per heavy atom. The zero-order valence-electron chi connectivity index (χ0n) is 13.2. The Balaban J connectivity index is 1.66. The van der Waals surface area contributed by atoms with E-state index in [-0.39, 0.29) is 6.10 Å². The molecule has 2 aromatic rings. The summed E-state index contributed by atoms with van der Waals surface area (Å²) >= 11 is 6.01. The third-order valence-electron chi connectivity index (χ3n) is 4.18. The molecule has 1 aliphatic heterocycles. The molecule has 1 unspecified atom stereocenters. The van der Waals surface area contributed by atoms with Gasteiger partial charge in [-0.05, 0) is 23.3 Å². The van der Waals surface area contributed by atoms with E-state index in [4.69, 9.17) is 16.3 Å². The highest BCUT2D eigenvalue weighted by Gasteiger charge is 2.16. The minimum absolute atomic E-state index is 0.0450. The van der Waals surface area contributed by atoms with Crippen LogP contribution in [-0.4, -0.2) is 44.2 Å². The third kappa shape index (κ3) is 4.79. The van der Waals surface area contributed by atoms with Gasteiger partial charge in [0.2, 0.25) is 0 Å². The number of benzene rings is 2. The van der Waals surface area contributed by atoms with E-state index >= 15 is 0 Å². The first kappa shape index (κ1) is 16.5. The molecule has 0 amide bonds. The van der Waals surface area contributed by atoms with Crippen molar-refractivity contribution in [2.24, 2.45) is 0 Å². The normalized spacial score (nSPS) is 17.1. The van der Waals surface area contributed by atoms with E-state index in [1.165, 1.54) is 5.56 Å². The zero-order chi connectivity index (χ0) is 15.9. The van der Waals surface area contributed by atoms with E-state index < -0.39 is 0 Å². The first-order valence-corrected chi connectivity index (χ1v) is 8.56. The lowest BCUT2D eigenvalue weighted by Gasteiger charge is -2.28. The molecule has 23 heavy (non-hydrogen) atoms. The monoisotopic (exact) mass is 330 g/mol. The van der Waals surface area contributed by atoms with Crippen LogP contribution < -0.4 is 5.32 Å². The van der Waals surface area contributed by atoms with Gasteiger partial charge in [-0.2, -0.15) is 0 Å². The Morgan fingerprint density at radius 1 is 0.957 bits per heavy atom. The van der Waals surface area contributed by atoms with Gasteiger partial charge in [-0.3, -0.25) is 4.90 Å². The van der Waals surface area contributed by atoms with E-state index in [0.29, 0.717) is 0 Å². The Bertz CT molecular complexity index is 582. The molecule has 1 atom stereocenters. The van der Waals surface area contributed by atoms with Gasteiger partial charge in [0.05, 0.1) is 6.61 Å². The first-order chi connectivity index (χ1) is 11.3. The molecule has 0 saturated carbocycles. The first-order valence-electron chi connectivity index (χ1n) is 8.18. The molecule has 122 valence electrons. The van der Waals surface area contributed by atoms with Crippen LogP contribution in [0.3, 0.4) is 0 Å². The summed E-state index contributed by atoms with van der Waals surface area (Å²) in [4.78, 5) is 2.44. The molecule has 0 radical (unpaired) electrons. The largest absolute Gasteiger partial charge is 0.367 e. The Kier molecular flexibility index (Phi) is 6.06. The fraction of sp³-hybridized carbons (Fsp3) is 0.368.